The van der Waals surface area contributed by atoms with Gasteiger partial charge in [0.05, 0.1) is 6.26 Å². The summed E-state index contributed by atoms with van der Waals surface area (Å²) in [6.07, 6.45) is 1.42. The SMILES string of the molecule is O=c1[nH]c(-c2nc(-c3cccc(Br)c3)n[nH]2)nc2ccoc12. The molecule has 4 rings (SSSR count). The van der Waals surface area contributed by atoms with E-state index in [1.165, 1.54) is 6.26 Å². The Morgan fingerprint density at radius 1 is 1.14 bits per heavy atom. The van der Waals surface area contributed by atoms with E-state index in [9.17, 15) is 4.79 Å². The first-order valence-electron chi connectivity index (χ1n) is 6.37. The average Bonchev–Trinajstić information content (AvgIpc) is 3.16. The fourth-order valence-corrected chi connectivity index (χ4v) is 2.51. The maximum atomic E-state index is 11.9. The molecule has 22 heavy (non-hydrogen) atoms. The number of aromatic amines is 2. The van der Waals surface area contributed by atoms with Crippen LogP contribution in [0.3, 0.4) is 0 Å². The molecule has 2 N–H and O–H groups in total. The maximum Gasteiger partial charge on any atom is 0.294 e. The van der Waals surface area contributed by atoms with Crippen LogP contribution in [0.5, 0.6) is 0 Å². The van der Waals surface area contributed by atoms with Crippen molar-refractivity contribution in [1.82, 2.24) is 25.1 Å². The van der Waals surface area contributed by atoms with Crippen LogP contribution in [0.15, 0.2) is 50.3 Å². The van der Waals surface area contributed by atoms with Crippen molar-refractivity contribution in [2.45, 2.75) is 0 Å². The molecule has 0 bridgehead atoms. The normalized spacial score (nSPS) is 11.1. The number of halogens is 1. The number of nitrogens with one attached hydrogen (secondary N) is 2. The van der Waals surface area contributed by atoms with E-state index in [2.05, 4.69) is 41.1 Å². The molecule has 8 heteroatoms. The highest BCUT2D eigenvalue weighted by atomic mass is 79.9. The third-order valence-electron chi connectivity index (χ3n) is 3.11. The molecule has 0 fully saturated rings. The lowest BCUT2D eigenvalue weighted by atomic mass is 10.2. The molecule has 108 valence electrons. The van der Waals surface area contributed by atoms with E-state index in [4.69, 9.17) is 4.42 Å². The minimum atomic E-state index is -0.356. The van der Waals surface area contributed by atoms with Crippen LogP contribution in [0.1, 0.15) is 0 Å². The Hall–Kier alpha value is -2.74. The Morgan fingerprint density at radius 3 is 2.91 bits per heavy atom. The predicted molar refractivity (Wildman–Crippen MR) is 83.1 cm³/mol. The van der Waals surface area contributed by atoms with Gasteiger partial charge in [-0.3, -0.25) is 9.89 Å². The second-order valence-corrected chi connectivity index (χ2v) is 5.48. The number of hydrogen-bond donors (Lipinski definition) is 2. The van der Waals surface area contributed by atoms with Gasteiger partial charge in [-0.15, -0.1) is 0 Å². The molecule has 0 saturated carbocycles. The predicted octanol–water partition coefficient (Wildman–Crippen LogP) is 2.73. The van der Waals surface area contributed by atoms with E-state index >= 15 is 0 Å². The molecule has 0 amide bonds. The van der Waals surface area contributed by atoms with Crippen molar-refractivity contribution in [1.29, 1.82) is 0 Å². The van der Waals surface area contributed by atoms with Crippen molar-refractivity contribution in [2.75, 3.05) is 0 Å². The van der Waals surface area contributed by atoms with Gasteiger partial charge in [0.25, 0.3) is 5.56 Å². The highest BCUT2D eigenvalue weighted by Gasteiger charge is 2.13. The molecule has 7 nitrogen and oxygen atoms in total. The van der Waals surface area contributed by atoms with Crippen LogP contribution in [0, 0.1) is 0 Å². The van der Waals surface area contributed by atoms with Gasteiger partial charge in [-0.2, -0.15) is 5.10 Å². The summed E-state index contributed by atoms with van der Waals surface area (Å²) < 4.78 is 6.00. The largest absolute Gasteiger partial charge is 0.457 e. The van der Waals surface area contributed by atoms with Crippen LogP contribution in [0.4, 0.5) is 0 Å². The van der Waals surface area contributed by atoms with Crippen LogP contribution in [-0.4, -0.2) is 25.1 Å². The summed E-state index contributed by atoms with van der Waals surface area (Å²) in [7, 11) is 0. The summed E-state index contributed by atoms with van der Waals surface area (Å²) in [5.74, 6) is 1.22. The summed E-state index contributed by atoms with van der Waals surface area (Å²) in [4.78, 5) is 23.2. The number of nitrogens with zero attached hydrogens (tertiary/aromatic N) is 3. The second-order valence-electron chi connectivity index (χ2n) is 4.57. The van der Waals surface area contributed by atoms with Crippen LogP contribution < -0.4 is 5.56 Å². The highest BCUT2D eigenvalue weighted by Crippen LogP contribution is 2.21. The highest BCUT2D eigenvalue weighted by molar-refractivity contribution is 9.10. The Bertz CT molecular complexity index is 1030. The van der Waals surface area contributed by atoms with Gasteiger partial charge in [0.15, 0.2) is 17.5 Å². The molecule has 3 heterocycles. The monoisotopic (exact) mass is 357 g/mol. The van der Waals surface area contributed by atoms with Gasteiger partial charge >= 0.3 is 0 Å². The third-order valence-corrected chi connectivity index (χ3v) is 3.60. The van der Waals surface area contributed by atoms with E-state index in [0.717, 1.165) is 10.0 Å². The molecule has 0 saturated heterocycles. The van der Waals surface area contributed by atoms with Crippen molar-refractivity contribution in [3.63, 3.8) is 0 Å². The van der Waals surface area contributed by atoms with Gasteiger partial charge < -0.3 is 9.40 Å². The van der Waals surface area contributed by atoms with Crippen molar-refractivity contribution in [2.24, 2.45) is 0 Å². The summed E-state index contributed by atoms with van der Waals surface area (Å²) in [6, 6.07) is 9.24. The van der Waals surface area contributed by atoms with E-state index in [-0.39, 0.29) is 11.1 Å². The number of fused-ring (bicyclic) bond motifs is 1. The van der Waals surface area contributed by atoms with Gasteiger partial charge in [-0.05, 0) is 12.1 Å². The topological polar surface area (TPSA) is 100 Å². The zero-order valence-electron chi connectivity index (χ0n) is 11.0. The van der Waals surface area contributed by atoms with Gasteiger partial charge in [-0.25, -0.2) is 9.97 Å². The molecule has 0 unspecified atom stereocenters. The molecule has 0 aliphatic heterocycles. The van der Waals surface area contributed by atoms with Crippen molar-refractivity contribution in [3.8, 4) is 23.0 Å². The Balaban J connectivity index is 1.81. The number of aromatic nitrogens is 5. The summed E-state index contributed by atoms with van der Waals surface area (Å²) in [5, 5.41) is 6.94. The van der Waals surface area contributed by atoms with Gasteiger partial charge in [-0.1, -0.05) is 28.1 Å². The molecule has 0 aliphatic carbocycles. The van der Waals surface area contributed by atoms with Crippen molar-refractivity contribution < 1.29 is 4.42 Å². The number of rotatable bonds is 2. The van der Waals surface area contributed by atoms with Crippen LogP contribution in [0.2, 0.25) is 0 Å². The molecule has 0 spiro atoms. The summed E-state index contributed by atoms with van der Waals surface area (Å²) in [5.41, 5.74) is 1.16. The quantitative estimate of drug-likeness (QED) is 0.574. The maximum absolute atomic E-state index is 11.9. The first kappa shape index (κ1) is 13.0. The molecule has 0 radical (unpaired) electrons. The summed E-state index contributed by atoms with van der Waals surface area (Å²) in [6.45, 7) is 0. The minimum absolute atomic E-state index is 0.190. The molecular weight excluding hydrogens is 350 g/mol. The average molecular weight is 358 g/mol. The molecular formula is C14H8BrN5O2. The second kappa shape index (κ2) is 4.92. The van der Waals surface area contributed by atoms with Gasteiger partial charge in [0.1, 0.15) is 5.52 Å². The lowest BCUT2D eigenvalue weighted by molar-refractivity contribution is 0.610. The molecule has 0 aliphatic rings. The zero-order chi connectivity index (χ0) is 15.1. The van der Waals surface area contributed by atoms with Gasteiger partial charge in [0.2, 0.25) is 5.58 Å². The fourth-order valence-electron chi connectivity index (χ4n) is 2.11. The fraction of sp³-hybridized carbons (Fsp3) is 0. The lowest BCUT2D eigenvalue weighted by Gasteiger charge is -1.96. The van der Waals surface area contributed by atoms with Crippen LogP contribution >= 0.6 is 15.9 Å². The minimum Gasteiger partial charge on any atom is -0.457 e. The smallest absolute Gasteiger partial charge is 0.294 e. The standard InChI is InChI=1S/C14H8BrN5O2/c15-8-3-1-2-7(6-8)11-17-13(20-19-11)12-16-9-4-5-22-10(9)14(21)18-12/h1-6H,(H,16,18,21)(H,17,19,20). The molecule has 0 atom stereocenters. The Morgan fingerprint density at radius 2 is 2.05 bits per heavy atom. The molecule has 3 aromatic heterocycles. The number of H-pyrrole nitrogens is 2. The lowest BCUT2D eigenvalue weighted by Crippen LogP contribution is -2.08. The molecule has 1 aromatic carbocycles. The van der Waals surface area contributed by atoms with Crippen molar-refractivity contribution >= 4 is 27.0 Å². The Kier molecular flexibility index (Phi) is 2.90. The first-order chi connectivity index (χ1) is 10.7. The van der Waals surface area contributed by atoms with E-state index in [0.29, 0.717) is 23.0 Å². The van der Waals surface area contributed by atoms with E-state index in [1.807, 2.05) is 24.3 Å². The van der Waals surface area contributed by atoms with E-state index < -0.39 is 0 Å². The number of hydrogen-bond acceptors (Lipinski definition) is 5. The third kappa shape index (κ3) is 2.13. The zero-order valence-corrected chi connectivity index (χ0v) is 12.6. The van der Waals surface area contributed by atoms with E-state index in [1.54, 1.807) is 6.07 Å². The van der Waals surface area contributed by atoms with Crippen molar-refractivity contribution in [3.05, 3.63) is 51.4 Å². The van der Waals surface area contributed by atoms with Gasteiger partial charge in [0, 0.05) is 16.1 Å². The first-order valence-corrected chi connectivity index (χ1v) is 7.16. The Labute approximate surface area is 131 Å². The molecule has 4 aromatic rings. The van der Waals surface area contributed by atoms with Crippen LogP contribution in [0.25, 0.3) is 34.1 Å². The number of furan rings is 1. The summed E-state index contributed by atoms with van der Waals surface area (Å²) >= 11 is 3.41. The number of benzene rings is 1. The van der Waals surface area contributed by atoms with Crippen LogP contribution in [-0.2, 0) is 0 Å².